The maximum absolute atomic E-state index is 12.9. The Morgan fingerprint density at radius 1 is 0.385 bits per heavy atom. The lowest BCUT2D eigenvalue weighted by Gasteiger charge is -2.27. The molecule has 7 N–H and O–H groups in total. The molecule has 1 atom stereocenters. The molecule has 0 heterocycles. The molecule has 12 amide bonds. The predicted octanol–water partition coefficient (Wildman–Crippen LogP) is -6.98. The molecule has 0 aromatic rings. The van der Waals surface area contributed by atoms with Crippen LogP contribution in [0.3, 0.4) is 0 Å². The van der Waals surface area contributed by atoms with E-state index in [9.17, 15) is 57.5 Å². The normalized spacial score (nSPS) is 11.0. The standard InChI is InChI=1S/C39H70N14O12/c1-44(17-28(54)43-16-12-11-13-27(41)39(42)65)30(56)19-46(3)32(58)21-48(5)34(60)23-50(7)36(62)25-52(9)38(64)26-53(10)37(63)24-51(8)35(61)22-49(6)33(59)20-47(4)31(57)18-45(2)29(55)14-15-40/h27H,11-26,40-41H2,1-10H3,(H2,42,65)(H,43,54)/t27-/m1/s1. The van der Waals surface area contributed by atoms with E-state index in [2.05, 4.69) is 5.32 Å². The number of hydrogen-bond donors (Lipinski definition) is 4. The molecule has 0 fully saturated rings. The molecule has 0 saturated carbocycles. The molecule has 0 aliphatic carbocycles. The lowest BCUT2D eigenvalue weighted by Crippen LogP contribution is -2.49. The average Bonchev–Trinajstić information content (AvgIpc) is 3.22. The maximum atomic E-state index is 12.9. The van der Waals surface area contributed by atoms with Crippen LogP contribution in [0.25, 0.3) is 0 Å². The first-order valence-corrected chi connectivity index (χ1v) is 20.5. The zero-order valence-corrected chi connectivity index (χ0v) is 39.5. The Hall–Kier alpha value is -6.44. The fourth-order valence-corrected chi connectivity index (χ4v) is 5.24. The number of primary amides is 1. The minimum Gasteiger partial charge on any atom is -0.368 e. The highest BCUT2D eigenvalue weighted by molar-refractivity contribution is 5.94. The van der Waals surface area contributed by atoms with Crippen molar-refractivity contribution in [1.82, 2.24) is 54.3 Å². The van der Waals surface area contributed by atoms with Crippen LogP contribution in [0, 0.1) is 0 Å². The summed E-state index contributed by atoms with van der Waals surface area (Å²) in [5, 5.41) is 2.65. The topological polar surface area (TPSA) is 327 Å². The third-order valence-corrected chi connectivity index (χ3v) is 9.98. The Balaban J connectivity index is 4.82. The van der Waals surface area contributed by atoms with Crippen molar-refractivity contribution >= 4 is 70.9 Å². The van der Waals surface area contributed by atoms with Gasteiger partial charge in [0.05, 0.1) is 71.5 Å². The molecular weight excluding hydrogens is 857 g/mol. The van der Waals surface area contributed by atoms with Gasteiger partial charge >= 0.3 is 0 Å². The number of carbonyl (C=O) groups excluding carboxylic acids is 12. The van der Waals surface area contributed by atoms with Crippen LogP contribution in [0.4, 0.5) is 0 Å². The van der Waals surface area contributed by atoms with Crippen LogP contribution in [0.15, 0.2) is 0 Å². The third kappa shape index (κ3) is 22.7. The number of unbranched alkanes of at least 4 members (excludes halogenated alkanes) is 1. The van der Waals surface area contributed by atoms with E-state index in [-0.39, 0.29) is 45.1 Å². The SMILES string of the molecule is CN(CC(=O)NCCCC[C@@H](N)C(N)=O)C(=O)CN(C)C(=O)CN(C)C(=O)CN(C)C(=O)CN(C)C(=O)CN(C)C(=O)CN(C)C(=O)CN(C)C(=O)CN(C)C(=O)CN(C)C(=O)CCN. The smallest absolute Gasteiger partial charge is 0.242 e. The first-order chi connectivity index (χ1) is 30.1. The Morgan fingerprint density at radius 2 is 0.615 bits per heavy atom. The lowest BCUT2D eigenvalue weighted by molar-refractivity contribution is -0.146. The highest BCUT2D eigenvalue weighted by atomic mass is 16.2. The van der Waals surface area contributed by atoms with Crippen molar-refractivity contribution in [3.63, 3.8) is 0 Å². The van der Waals surface area contributed by atoms with Crippen molar-refractivity contribution in [3.05, 3.63) is 0 Å². The summed E-state index contributed by atoms with van der Waals surface area (Å²) in [6.07, 6.45) is 1.55. The molecule has 0 aromatic carbocycles. The molecule has 0 unspecified atom stereocenters. The number of rotatable bonds is 28. The fourth-order valence-electron chi connectivity index (χ4n) is 5.24. The monoisotopic (exact) mass is 927 g/mol. The van der Waals surface area contributed by atoms with E-state index in [1.54, 1.807) is 0 Å². The number of hydrogen-bond acceptors (Lipinski definition) is 14. The molecule has 26 nitrogen and oxygen atoms in total. The van der Waals surface area contributed by atoms with Crippen LogP contribution >= 0.6 is 0 Å². The van der Waals surface area contributed by atoms with Crippen molar-refractivity contribution in [2.75, 3.05) is 149 Å². The largest absolute Gasteiger partial charge is 0.368 e. The van der Waals surface area contributed by atoms with Crippen LogP contribution < -0.4 is 22.5 Å². The van der Waals surface area contributed by atoms with Gasteiger partial charge in [-0.2, -0.15) is 0 Å². The molecule has 0 rings (SSSR count). The Labute approximate surface area is 380 Å². The summed E-state index contributed by atoms with van der Waals surface area (Å²) < 4.78 is 0. The van der Waals surface area contributed by atoms with Gasteiger partial charge in [-0.3, -0.25) is 57.5 Å². The van der Waals surface area contributed by atoms with Gasteiger partial charge in [0.25, 0.3) is 0 Å². The van der Waals surface area contributed by atoms with Gasteiger partial charge in [-0.1, -0.05) is 0 Å². The fraction of sp³-hybridized carbons (Fsp3) is 0.692. The van der Waals surface area contributed by atoms with Gasteiger partial charge in [0, 0.05) is 90.0 Å². The third-order valence-electron chi connectivity index (χ3n) is 9.98. The molecule has 65 heavy (non-hydrogen) atoms. The second kappa shape index (κ2) is 29.1. The number of nitrogens with zero attached hydrogens (tertiary/aromatic N) is 10. The molecule has 26 heteroatoms. The van der Waals surface area contributed by atoms with Gasteiger partial charge in [-0.15, -0.1) is 0 Å². The average molecular weight is 927 g/mol. The lowest BCUT2D eigenvalue weighted by atomic mass is 10.1. The Bertz CT molecular complexity index is 1730. The molecule has 0 aliphatic rings. The van der Waals surface area contributed by atoms with Gasteiger partial charge in [0.2, 0.25) is 70.9 Å². The maximum Gasteiger partial charge on any atom is 0.242 e. The molecule has 0 saturated heterocycles. The van der Waals surface area contributed by atoms with Gasteiger partial charge in [-0.25, -0.2) is 0 Å². The minimum absolute atomic E-state index is 0.0656. The number of amides is 12. The van der Waals surface area contributed by atoms with E-state index >= 15 is 0 Å². The molecular formula is C39H70N14O12. The zero-order valence-electron chi connectivity index (χ0n) is 39.5. The van der Waals surface area contributed by atoms with E-state index in [4.69, 9.17) is 17.2 Å². The van der Waals surface area contributed by atoms with E-state index < -0.39 is 110 Å². The van der Waals surface area contributed by atoms with Crippen molar-refractivity contribution < 1.29 is 57.5 Å². The van der Waals surface area contributed by atoms with Crippen LogP contribution in [0.1, 0.15) is 25.7 Å². The van der Waals surface area contributed by atoms with Crippen molar-refractivity contribution in [1.29, 1.82) is 0 Å². The van der Waals surface area contributed by atoms with E-state index in [0.29, 0.717) is 25.8 Å². The molecule has 0 bridgehead atoms. The zero-order chi connectivity index (χ0) is 50.3. The second-order valence-corrected chi connectivity index (χ2v) is 15.9. The van der Waals surface area contributed by atoms with Crippen LogP contribution in [0.5, 0.6) is 0 Å². The highest BCUT2D eigenvalue weighted by Crippen LogP contribution is 2.02. The van der Waals surface area contributed by atoms with Gasteiger partial charge < -0.3 is 71.5 Å². The predicted molar refractivity (Wildman–Crippen MR) is 234 cm³/mol. The van der Waals surface area contributed by atoms with E-state index in [0.717, 1.165) is 44.1 Å². The van der Waals surface area contributed by atoms with Crippen LogP contribution in [0.2, 0.25) is 0 Å². The van der Waals surface area contributed by atoms with Crippen molar-refractivity contribution in [2.24, 2.45) is 17.2 Å². The number of nitrogens with one attached hydrogen (secondary N) is 1. The van der Waals surface area contributed by atoms with Gasteiger partial charge in [0.1, 0.15) is 0 Å². The molecule has 0 aromatic heterocycles. The first kappa shape index (κ1) is 58.6. The van der Waals surface area contributed by atoms with Gasteiger partial charge in [-0.05, 0) is 19.3 Å². The first-order valence-electron chi connectivity index (χ1n) is 20.5. The Kier molecular flexibility index (Phi) is 26.2. The second-order valence-electron chi connectivity index (χ2n) is 15.9. The summed E-state index contributed by atoms with van der Waals surface area (Å²) >= 11 is 0. The summed E-state index contributed by atoms with van der Waals surface area (Å²) in [5.41, 5.74) is 16.1. The molecule has 368 valence electrons. The van der Waals surface area contributed by atoms with E-state index in [1.807, 2.05) is 0 Å². The minimum atomic E-state index is -0.759. The number of likely N-dealkylation sites (N-methyl/N-ethyl adjacent to an activating group) is 10. The van der Waals surface area contributed by atoms with Gasteiger partial charge in [0.15, 0.2) is 0 Å². The van der Waals surface area contributed by atoms with E-state index in [1.165, 1.54) is 75.4 Å². The molecule has 0 spiro atoms. The summed E-state index contributed by atoms with van der Waals surface area (Å²) in [6.45, 7) is -3.52. The summed E-state index contributed by atoms with van der Waals surface area (Å²) in [7, 11) is 13.5. The molecule has 0 aliphatic heterocycles. The molecule has 0 radical (unpaired) electrons. The van der Waals surface area contributed by atoms with Crippen LogP contribution in [-0.2, 0) is 57.5 Å². The number of carbonyl (C=O) groups is 12. The number of nitrogens with two attached hydrogens (primary N) is 3. The Morgan fingerprint density at radius 3 is 0.846 bits per heavy atom. The quantitative estimate of drug-likeness (QED) is 0.0531. The van der Waals surface area contributed by atoms with Crippen LogP contribution in [-0.4, -0.2) is 275 Å². The highest BCUT2D eigenvalue weighted by Gasteiger charge is 2.26. The van der Waals surface area contributed by atoms with Crippen molar-refractivity contribution in [3.8, 4) is 0 Å². The van der Waals surface area contributed by atoms with Crippen molar-refractivity contribution in [2.45, 2.75) is 31.7 Å². The summed E-state index contributed by atoms with van der Waals surface area (Å²) in [5.74, 6) is -6.68. The summed E-state index contributed by atoms with van der Waals surface area (Å²) in [6, 6.07) is -0.759. The summed E-state index contributed by atoms with van der Waals surface area (Å²) in [4.78, 5) is 161.